The molecule has 1 aromatic rings. The molecule has 0 aliphatic carbocycles. The van der Waals surface area contributed by atoms with Crippen molar-refractivity contribution in [3.05, 3.63) is 35.9 Å². The van der Waals surface area contributed by atoms with Gasteiger partial charge in [-0.1, -0.05) is 58.0 Å². The predicted molar refractivity (Wildman–Crippen MR) is 84.6 cm³/mol. The molecule has 1 aromatic carbocycles. The Morgan fingerprint density at radius 3 is 2.32 bits per heavy atom. The zero-order chi connectivity index (χ0) is 14.3. The standard InChI is InChI=1S/C17H30N2/c1-6-18-16(17(2,3)4)14-19(5)13-12-15-10-8-7-9-11-15/h7-11,16,18H,6,12-14H2,1-5H3. The molecule has 0 heterocycles. The fraction of sp³-hybridized carbons (Fsp3) is 0.647. The molecule has 0 aliphatic heterocycles. The minimum atomic E-state index is 0.303. The number of benzene rings is 1. The van der Waals surface area contributed by atoms with E-state index in [0.717, 1.165) is 26.1 Å². The van der Waals surface area contributed by atoms with Gasteiger partial charge in [0.1, 0.15) is 0 Å². The second kappa shape index (κ2) is 7.66. The van der Waals surface area contributed by atoms with E-state index in [0.29, 0.717) is 11.5 Å². The molecule has 108 valence electrons. The van der Waals surface area contributed by atoms with Crippen molar-refractivity contribution < 1.29 is 0 Å². The molecule has 19 heavy (non-hydrogen) atoms. The Hall–Kier alpha value is -0.860. The van der Waals surface area contributed by atoms with Crippen molar-refractivity contribution in [3.63, 3.8) is 0 Å². The lowest BCUT2D eigenvalue weighted by Gasteiger charge is -2.34. The van der Waals surface area contributed by atoms with Gasteiger partial charge in [-0.2, -0.15) is 0 Å². The van der Waals surface area contributed by atoms with E-state index in [9.17, 15) is 0 Å². The van der Waals surface area contributed by atoms with Crippen LogP contribution in [-0.2, 0) is 6.42 Å². The van der Waals surface area contributed by atoms with E-state index in [2.05, 4.69) is 75.3 Å². The summed E-state index contributed by atoms with van der Waals surface area (Å²) < 4.78 is 0. The third kappa shape index (κ3) is 6.22. The highest BCUT2D eigenvalue weighted by molar-refractivity contribution is 5.14. The Morgan fingerprint density at radius 2 is 1.79 bits per heavy atom. The molecule has 0 spiro atoms. The number of likely N-dealkylation sites (N-methyl/N-ethyl adjacent to an activating group) is 2. The van der Waals surface area contributed by atoms with Crippen LogP contribution in [0, 0.1) is 5.41 Å². The van der Waals surface area contributed by atoms with Crippen LogP contribution < -0.4 is 5.32 Å². The lowest BCUT2D eigenvalue weighted by atomic mass is 9.86. The zero-order valence-electron chi connectivity index (χ0n) is 13.2. The molecule has 2 heteroatoms. The largest absolute Gasteiger partial charge is 0.312 e. The molecular weight excluding hydrogens is 232 g/mol. The van der Waals surface area contributed by atoms with Gasteiger partial charge in [0.2, 0.25) is 0 Å². The van der Waals surface area contributed by atoms with Crippen LogP contribution in [0.1, 0.15) is 33.3 Å². The van der Waals surface area contributed by atoms with Gasteiger partial charge in [0.05, 0.1) is 0 Å². The van der Waals surface area contributed by atoms with Crippen LogP contribution in [0.15, 0.2) is 30.3 Å². The maximum Gasteiger partial charge on any atom is 0.0243 e. The van der Waals surface area contributed by atoms with E-state index >= 15 is 0 Å². The van der Waals surface area contributed by atoms with Crippen LogP contribution in [0.4, 0.5) is 0 Å². The summed E-state index contributed by atoms with van der Waals surface area (Å²) in [6.45, 7) is 12.4. The molecule has 1 atom stereocenters. The van der Waals surface area contributed by atoms with E-state index in [1.165, 1.54) is 5.56 Å². The number of nitrogens with one attached hydrogen (secondary N) is 1. The van der Waals surface area contributed by atoms with Gasteiger partial charge in [-0.05, 0) is 31.0 Å². The normalized spacial score (nSPS) is 13.8. The number of rotatable bonds is 7. The summed E-state index contributed by atoms with van der Waals surface area (Å²) in [6, 6.07) is 11.3. The Balaban J connectivity index is 2.42. The average Bonchev–Trinajstić information content (AvgIpc) is 2.36. The molecule has 0 aromatic heterocycles. The average molecular weight is 262 g/mol. The van der Waals surface area contributed by atoms with E-state index in [1.54, 1.807) is 0 Å². The van der Waals surface area contributed by atoms with Gasteiger partial charge in [0, 0.05) is 19.1 Å². The van der Waals surface area contributed by atoms with E-state index in [4.69, 9.17) is 0 Å². The van der Waals surface area contributed by atoms with Crippen molar-refractivity contribution in [2.45, 2.75) is 40.2 Å². The molecule has 2 nitrogen and oxygen atoms in total. The first-order valence-corrected chi connectivity index (χ1v) is 7.39. The number of nitrogens with zero attached hydrogens (tertiary/aromatic N) is 1. The fourth-order valence-corrected chi connectivity index (χ4v) is 2.26. The number of hydrogen-bond donors (Lipinski definition) is 1. The smallest absolute Gasteiger partial charge is 0.0243 e. The first-order valence-electron chi connectivity index (χ1n) is 7.39. The van der Waals surface area contributed by atoms with E-state index in [1.807, 2.05) is 0 Å². The van der Waals surface area contributed by atoms with Gasteiger partial charge in [-0.25, -0.2) is 0 Å². The first-order chi connectivity index (χ1) is 8.93. The topological polar surface area (TPSA) is 15.3 Å². The molecule has 1 N–H and O–H groups in total. The van der Waals surface area contributed by atoms with E-state index < -0.39 is 0 Å². The molecule has 0 bridgehead atoms. The minimum Gasteiger partial charge on any atom is -0.312 e. The third-order valence-electron chi connectivity index (χ3n) is 3.62. The van der Waals surface area contributed by atoms with Crippen LogP contribution >= 0.6 is 0 Å². The highest BCUT2D eigenvalue weighted by Crippen LogP contribution is 2.19. The van der Waals surface area contributed by atoms with Gasteiger partial charge in [0.15, 0.2) is 0 Å². The summed E-state index contributed by atoms with van der Waals surface area (Å²) in [5.41, 5.74) is 1.72. The van der Waals surface area contributed by atoms with Gasteiger partial charge >= 0.3 is 0 Å². The fourth-order valence-electron chi connectivity index (χ4n) is 2.26. The van der Waals surface area contributed by atoms with Crippen LogP contribution in [0.5, 0.6) is 0 Å². The quantitative estimate of drug-likeness (QED) is 0.812. The predicted octanol–water partition coefficient (Wildman–Crippen LogP) is 3.19. The van der Waals surface area contributed by atoms with Crippen molar-refractivity contribution in [3.8, 4) is 0 Å². The molecule has 1 unspecified atom stereocenters. The van der Waals surface area contributed by atoms with Crippen LogP contribution in [0.2, 0.25) is 0 Å². The molecule has 0 fully saturated rings. The highest BCUT2D eigenvalue weighted by atomic mass is 15.1. The van der Waals surface area contributed by atoms with Gasteiger partial charge in [-0.3, -0.25) is 0 Å². The summed E-state index contributed by atoms with van der Waals surface area (Å²) in [6.07, 6.45) is 1.13. The summed E-state index contributed by atoms with van der Waals surface area (Å²) in [5.74, 6) is 0. The van der Waals surface area contributed by atoms with Crippen molar-refractivity contribution in [2.75, 3.05) is 26.7 Å². The molecule has 1 rings (SSSR count). The highest BCUT2D eigenvalue weighted by Gasteiger charge is 2.24. The van der Waals surface area contributed by atoms with Gasteiger partial charge < -0.3 is 10.2 Å². The lowest BCUT2D eigenvalue weighted by Crippen LogP contribution is -2.48. The Morgan fingerprint density at radius 1 is 1.16 bits per heavy atom. The summed E-state index contributed by atoms with van der Waals surface area (Å²) in [4.78, 5) is 2.44. The monoisotopic (exact) mass is 262 g/mol. The van der Waals surface area contributed by atoms with Gasteiger partial charge in [0.25, 0.3) is 0 Å². The molecule has 0 saturated carbocycles. The Bertz CT molecular complexity index is 340. The lowest BCUT2D eigenvalue weighted by molar-refractivity contribution is 0.197. The van der Waals surface area contributed by atoms with Crippen molar-refractivity contribution in [1.82, 2.24) is 10.2 Å². The second-order valence-corrected chi connectivity index (χ2v) is 6.47. The molecular formula is C17H30N2. The van der Waals surface area contributed by atoms with Crippen LogP contribution in [0.25, 0.3) is 0 Å². The van der Waals surface area contributed by atoms with Crippen LogP contribution in [-0.4, -0.2) is 37.6 Å². The minimum absolute atomic E-state index is 0.303. The Kier molecular flexibility index (Phi) is 6.53. The van der Waals surface area contributed by atoms with Crippen molar-refractivity contribution >= 4 is 0 Å². The molecule has 0 amide bonds. The summed E-state index contributed by atoms with van der Waals surface area (Å²) in [7, 11) is 2.22. The SMILES string of the molecule is CCNC(CN(C)CCc1ccccc1)C(C)(C)C. The Labute approximate surface area is 119 Å². The van der Waals surface area contributed by atoms with Gasteiger partial charge in [-0.15, -0.1) is 0 Å². The summed E-state index contributed by atoms with van der Waals surface area (Å²) >= 11 is 0. The molecule has 0 aliphatic rings. The third-order valence-corrected chi connectivity index (χ3v) is 3.62. The van der Waals surface area contributed by atoms with Crippen molar-refractivity contribution in [1.29, 1.82) is 0 Å². The van der Waals surface area contributed by atoms with Crippen molar-refractivity contribution in [2.24, 2.45) is 5.41 Å². The van der Waals surface area contributed by atoms with Crippen LogP contribution in [0.3, 0.4) is 0 Å². The zero-order valence-corrected chi connectivity index (χ0v) is 13.2. The molecule has 0 radical (unpaired) electrons. The maximum absolute atomic E-state index is 3.61. The second-order valence-electron chi connectivity index (χ2n) is 6.47. The molecule has 0 saturated heterocycles. The number of hydrogen-bond acceptors (Lipinski definition) is 2. The summed E-state index contributed by atoms with van der Waals surface area (Å²) in [5, 5.41) is 3.61. The van der Waals surface area contributed by atoms with E-state index in [-0.39, 0.29) is 0 Å². The maximum atomic E-state index is 3.61. The first kappa shape index (κ1) is 16.2.